The van der Waals surface area contributed by atoms with Crippen LogP contribution in [0.1, 0.15) is 25.3 Å². The predicted octanol–water partition coefficient (Wildman–Crippen LogP) is 4.39. The Kier molecular flexibility index (Phi) is 3.65. The topological polar surface area (TPSA) is 43.8 Å². The summed E-state index contributed by atoms with van der Waals surface area (Å²) in [7, 11) is 0. The maximum absolute atomic E-state index is 5.79. The van der Waals surface area contributed by atoms with E-state index in [0.29, 0.717) is 0 Å². The lowest BCUT2D eigenvalue weighted by atomic mass is 10.2. The van der Waals surface area contributed by atoms with E-state index in [0.717, 1.165) is 35.6 Å². The van der Waals surface area contributed by atoms with Crippen molar-refractivity contribution in [3.05, 3.63) is 48.0 Å². The van der Waals surface area contributed by atoms with Crippen molar-refractivity contribution in [3.63, 3.8) is 0 Å². The number of nitrogens with zero attached hydrogens (tertiary/aromatic N) is 2. The van der Waals surface area contributed by atoms with E-state index < -0.39 is 0 Å². The Morgan fingerprint density at radius 1 is 1.10 bits per heavy atom. The van der Waals surface area contributed by atoms with Crippen molar-refractivity contribution in [2.75, 3.05) is 5.73 Å². The number of anilines is 1. The fraction of sp³-hybridized carbons (Fsp3) is 0.278. The summed E-state index contributed by atoms with van der Waals surface area (Å²) >= 11 is 0. The lowest BCUT2D eigenvalue weighted by Gasteiger charge is -2.09. The van der Waals surface area contributed by atoms with Crippen molar-refractivity contribution in [1.82, 2.24) is 9.55 Å². The third-order valence-electron chi connectivity index (χ3n) is 3.81. The zero-order chi connectivity index (χ0) is 14.8. The SMILES string of the molecule is CCCCn1c(-c2ccc(N)cc2)nc2cc(C)ccc21. The van der Waals surface area contributed by atoms with Gasteiger partial charge in [-0.05, 0) is 55.3 Å². The minimum absolute atomic E-state index is 0.783. The van der Waals surface area contributed by atoms with Gasteiger partial charge in [-0.3, -0.25) is 0 Å². The van der Waals surface area contributed by atoms with Crippen LogP contribution in [0.4, 0.5) is 5.69 Å². The molecule has 1 heterocycles. The molecule has 2 N–H and O–H groups in total. The second kappa shape index (κ2) is 5.60. The number of aromatic nitrogens is 2. The summed E-state index contributed by atoms with van der Waals surface area (Å²) in [5, 5.41) is 0. The molecule has 21 heavy (non-hydrogen) atoms. The minimum atomic E-state index is 0.783. The third kappa shape index (κ3) is 2.64. The van der Waals surface area contributed by atoms with E-state index in [-0.39, 0.29) is 0 Å². The van der Waals surface area contributed by atoms with Gasteiger partial charge in [-0.1, -0.05) is 19.4 Å². The largest absolute Gasteiger partial charge is 0.399 e. The molecule has 0 fully saturated rings. The number of hydrogen-bond donors (Lipinski definition) is 1. The van der Waals surface area contributed by atoms with Crippen molar-refractivity contribution in [3.8, 4) is 11.4 Å². The van der Waals surface area contributed by atoms with Crippen molar-refractivity contribution in [1.29, 1.82) is 0 Å². The van der Waals surface area contributed by atoms with E-state index in [4.69, 9.17) is 10.7 Å². The van der Waals surface area contributed by atoms with E-state index >= 15 is 0 Å². The van der Waals surface area contributed by atoms with Crippen molar-refractivity contribution in [2.45, 2.75) is 33.2 Å². The fourth-order valence-electron chi connectivity index (χ4n) is 2.63. The zero-order valence-electron chi connectivity index (χ0n) is 12.6. The molecule has 0 saturated heterocycles. The molecule has 0 aliphatic carbocycles. The average Bonchev–Trinajstić information content (AvgIpc) is 2.83. The molecule has 1 aromatic heterocycles. The Labute approximate surface area is 125 Å². The maximum atomic E-state index is 5.79. The Morgan fingerprint density at radius 2 is 1.86 bits per heavy atom. The van der Waals surface area contributed by atoms with Crippen LogP contribution in [0, 0.1) is 6.92 Å². The zero-order valence-corrected chi connectivity index (χ0v) is 12.6. The van der Waals surface area contributed by atoms with E-state index in [9.17, 15) is 0 Å². The minimum Gasteiger partial charge on any atom is -0.399 e. The van der Waals surface area contributed by atoms with Gasteiger partial charge >= 0.3 is 0 Å². The Morgan fingerprint density at radius 3 is 2.57 bits per heavy atom. The molecular formula is C18H21N3. The molecule has 0 aliphatic rings. The number of unbranched alkanes of at least 4 members (excludes halogenated alkanes) is 1. The fourth-order valence-corrected chi connectivity index (χ4v) is 2.63. The van der Waals surface area contributed by atoms with Gasteiger partial charge < -0.3 is 10.3 Å². The first-order valence-electron chi connectivity index (χ1n) is 7.52. The molecule has 2 aromatic carbocycles. The van der Waals surface area contributed by atoms with Gasteiger partial charge in [-0.15, -0.1) is 0 Å². The summed E-state index contributed by atoms with van der Waals surface area (Å²) < 4.78 is 2.32. The molecule has 0 radical (unpaired) electrons. The van der Waals surface area contributed by atoms with Gasteiger partial charge in [-0.25, -0.2) is 4.98 Å². The molecule has 3 aromatic rings. The molecule has 0 amide bonds. The van der Waals surface area contributed by atoms with Crippen LogP contribution in [0.2, 0.25) is 0 Å². The van der Waals surface area contributed by atoms with Crippen LogP contribution in [0.25, 0.3) is 22.4 Å². The number of aryl methyl sites for hydroxylation is 2. The molecule has 0 bridgehead atoms. The molecule has 3 nitrogen and oxygen atoms in total. The predicted molar refractivity (Wildman–Crippen MR) is 89.2 cm³/mol. The van der Waals surface area contributed by atoms with E-state index in [1.807, 2.05) is 24.3 Å². The number of imidazole rings is 1. The lowest BCUT2D eigenvalue weighted by molar-refractivity contribution is 0.651. The average molecular weight is 279 g/mol. The van der Waals surface area contributed by atoms with Crippen LogP contribution in [0.3, 0.4) is 0 Å². The number of nitrogen functional groups attached to an aromatic ring is 1. The first-order chi connectivity index (χ1) is 10.2. The molecule has 3 rings (SSSR count). The van der Waals surface area contributed by atoms with Crippen molar-refractivity contribution in [2.24, 2.45) is 0 Å². The Hall–Kier alpha value is -2.29. The second-order valence-corrected chi connectivity index (χ2v) is 5.55. The summed E-state index contributed by atoms with van der Waals surface area (Å²) in [6.45, 7) is 5.31. The second-order valence-electron chi connectivity index (χ2n) is 5.55. The number of fused-ring (bicyclic) bond motifs is 1. The Bertz CT molecular complexity index is 754. The maximum Gasteiger partial charge on any atom is 0.141 e. The van der Waals surface area contributed by atoms with E-state index in [1.54, 1.807) is 0 Å². The molecule has 0 unspecified atom stereocenters. The third-order valence-corrected chi connectivity index (χ3v) is 3.81. The van der Waals surface area contributed by atoms with Crippen LogP contribution in [0.5, 0.6) is 0 Å². The number of hydrogen-bond acceptors (Lipinski definition) is 2. The van der Waals surface area contributed by atoms with Crippen LogP contribution in [0.15, 0.2) is 42.5 Å². The molecule has 108 valence electrons. The summed E-state index contributed by atoms with van der Waals surface area (Å²) in [4.78, 5) is 4.85. The highest BCUT2D eigenvalue weighted by molar-refractivity contribution is 5.81. The van der Waals surface area contributed by atoms with E-state index in [2.05, 4.69) is 36.6 Å². The lowest BCUT2D eigenvalue weighted by Crippen LogP contribution is -2.00. The van der Waals surface area contributed by atoms with Crippen molar-refractivity contribution < 1.29 is 0 Å². The summed E-state index contributed by atoms with van der Waals surface area (Å²) in [5.41, 5.74) is 11.2. The highest BCUT2D eigenvalue weighted by atomic mass is 15.1. The van der Waals surface area contributed by atoms with Gasteiger partial charge in [0.1, 0.15) is 5.82 Å². The standard InChI is InChI=1S/C18H21N3/c1-3-4-11-21-17-10-5-13(2)12-16(17)20-18(21)14-6-8-15(19)9-7-14/h5-10,12H,3-4,11,19H2,1-2H3. The van der Waals surface area contributed by atoms with Crippen LogP contribution in [-0.4, -0.2) is 9.55 Å². The smallest absolute Gasteiger partial charge is 0.141 e. The first-order valence-corrected chi connectivity index (χ1v) is 7.52. The van der Waals surface area contributed by atoms with Gasteiger partial charge in [-0.2, -0.15) is 0 Å². The highest BCUT2D eigenvalue weighted by Gasteiger charge is 2.12. The van der Waals surface area contributed by atoms with E-state index in [1.165, 1.54) is 17.5 Å². The molecule has 0 aliphatic heterocycles. The van der Waals surface area contributed by atoms with Crippen LogP contribution >= 0.6 is 0 Å². The normalized spacial score (nSPS) is 11.1. The molecule has 3 heteroatoms. The summed E-state index contributed by atoms with van der Waals surface area (Å²) in [5.74, 6) is 1.03. The number of nitrogens with two attached hydrogens (primary N) is 1. The van der Waals surface area contributed by atoms with Gasteiger partial charge in [0.15, 0.2) is 0 Å². The number of rotatable bonds is 4. The monoisotopic (exact) mass is 279 g/mol. The van der Waals surface area contributed by atoms with Crippen LogP contribution < -0.4 is 5.73 Å². The number of benzene rings is 2. The molecule has 0 saturated carbocycles. The van der Waals surface area contributed by atoms with Gasteiger partial charge in [0.25, 0.3) is 0 Å². The first kappa shape index (κ1) is 13.7. The van der Waals surface area contributed by atoms with Gasteiger partial charge in [0, 0.05) is 17.8 Å². The summed E-state index contributed by atoms with van der Waals surface area (Å²) in [6, 6.07) is 14.4. The summed E-state index contributed by atoms with van der Waals surface area (Å²) in [6.07, 6.45) is 2.33. The quantitative estimate of drug-likeness (QED) is 0.720. The highest BCUT2D eigenvalue weighted by Crippen LogP contribution is 2.26. The van der Waals surface area contributed by atoms with Crippen LogP contribution in [-0.2, 0) is 6.54 Å². The molecule has 0 spiro atoms. The molecular weight excluding hydrogens is 258 g/mol. The molecule has 0 atom stereocenters. The Balaban J connectivity index is 2.17. The van der Waals surface area contributed by atoms with Crippen molar-refractivity contribution >= 4 is 16.7 Å². The van der Waals surface area contributed by atoms with Gasteiger partial charge in [0.2, 0.25) is 0 Å². The van der Waals surface area contributed by atoms with Gasteiger partial charge in [0.05, 0.1) is 11.0 Å².